The monoisotopic (exact) mass is 2140 g/mol. The first-order chi connectivity index (χ1) is 71.6. The SMILES string of the molecule is CC(C)OC1COc2c(S(=O)(=O)NC(=O)Nc3c4c(cc5c3CCC5)CCC4)cnn2C1.COCC1COc2c(S(=O)(=O)NC(=O)Nc3c4c(cc5c3CCC5)CCC4)cnn2C1.C[C@@H]1COc2c(S(=O)(=O)NC(=O)Nc3c4c(cc5c3CCC5)CCC4)cnn2C1.C[C@H]1COc2c(S(=O)(=O)NC(=O)Nc3c4c(cc5c3CCC5)CCC4)cnn2C1.O=C(Nc1c2c(cc3c1CCC3)CCC2)NS(=O)(=O)c1cc2n(n1)CCNC2. The lowest BCUT2D eigenvalue weighted by atomic mass is 9.99. The van der Waals surface area contributed by atoms with Crippen molar-refractivity contribution in [3.05, 3.63) is 178 Å². The molecule has 0 radical (unpaired) electrons. The van der Waals surface area contributed by atoms with Crippen LogP contribution in [0.2, 0.25) is 0 Å². The lowest BCUT2D eigenvalue weighted by Gasteiger charge is -2.26. The number of carbonyl (C=O) groups excluding carboxylic acids is 5. The van der Waals surface area contributed by atoms with Gasteiger partial charge in [0.2, 0.25) is 23.5 Å². The fourth-order valence-corrected chi connectivity index (χ4v) is 28.7. The number of aryl methyl sites for hydroxylation is 10. The smallest absolute Gasteiger partial charge is 0.333 e. The first kappa shape index (κ1) is 102. The minimum atomic E-state index is -4.16. The average Bonchev–Trinajstić information content (AvgIpc) is 1.64. The van der Waals surface area contributed by atoms with Crippen molar-refractivity contribution < 1.29 is 94.5 Å². The predicted octanol–water partition coefficient (Wildman–Crippen LogP) is 10.9. The van der Waals surface area contributed by atoms with Gasteiger partial charge < -0.3 is 60.3 Å². The van der Waals surface area contributed by atoms with E-state index in [1.54, 1.807) is 11.8 Å². The molecule has 149 heavy (non-hydrogen) atoms. The molecule has 47 heteroatoms. The van der Waals surface area contributed by atoms with Gasteiger partial charge in [-0.15, -0.1) is 0 Å². The molecule has 25 rings (SSSR count). The molecule has 5 aromatic heterocycles. The van der Waals surface area contributed by atoms with E-state index in [9.17, 15) is 66.1 Å². The van der Waals surface area contributed by atoms with Gasteiger partial charge in [-0.1, -0.05) is 44.2 Å². The highest BCUT2D eigenvalue weighted by atomic mass is 32.2. The van der Waals surface area contributed by atoms with Gasteiger partial charge in [-0.25, -0.2) is 100.0 Å². The van der Waals surface area contributed by atoms with E-state index in [2.05, 4.69) is 111 Å². The van der Waals surface area contributed by atoms with Gasteiger partial charge in [0.1, 0.15) is 12.7 Å². The molecule has 5 aromatic carbocycles. The third-order valence-electron chi connectivity index (χ3n) is 30.3. The predicted molar refractivity (Wildman–Crippen MR) is 548 cm³/mol. The van der Waals surface area contributed by atoms with Crippen LogP contribution in [0.3, 0.4) is 0 Å². The van der Waals surface area contributed by atoms with Crippen molar-refractivity contribution in [3.63, 3.8) is 0 Å². The highest BCUT2D eigenvalue weighted by Gasteiger charge is 2.41. The Morgan fingerprint density at radius 3 is 0.906 bits per heavy atom. The zero-order valence-corrected chi connectivity index (χ0v) is 88.0. The number of urea groups is 5. The van der Waals surface area contributed by atoms with Gasteiger partial charge in [-0.3, -0.25) is 4.68 Å². The summed E-state index contributed by atoms with van der Waals surface area (Å²) in [5.74, 6) is 1.22. The number of amides is 10. The van der Waals surface area contributed by atoms with Crippen molar-refractivity contribution in [3.8, 4) is 23.5 Å². The molecule has 5 aliphatic heterocycles. The maximum atomic E-state index is 13.0. The number of anilines is 5. The van der Waals surface area contributed by atoms with E-state index in [0.29, 0.717) is 65.7 Å². The third-order valence-corrected chi connectivity index (χ3v) is 36.8. The number of methoxy groups -OCH3 is 1. The van der Waals surface area contributed by atoms with Crippen LogP contribution in [0, 0.1) is 17.8 Å². The van der Waals surface area contributed by atoms with E-state index >= 15 is 0 Å². The number of sulfonamides is 5. The molecule has 2 unspecified atom stereocenters. The molecule has 10 aromatic rings. The Balaban J connectivity index is 0.000000109. The fraction of sp³-hybridized carbons (Fsp3) is 0.510. The number of ether oxygens (including phenoxy) is 6. The van der Waals surface area contributed by atoms with Crippen LogP contribution >= 0.6 is 0 Å². The molecule has 42 nitrogen and oxygen atoms in total. The largest absolute Gasteiger partial charge is 0.477 e. The zero-order chi connectivity index (χ0) is 104. The van der Waals surface area contributed by atoms with Crippen LogP contribution in [0.15, 0.2) is 85.8 Å². The molecule has 10 aliphatic carbocycles. The number of aromatic nitrogens is 10. The molecule has 0 bridgehead atoms. The molecule has 4 atom stereocenters. The molecule has 794 valence electrons. The fourth-order valence-electron chi connectivity index (χ4n) is 23.8. The summed E-state index contributed by atoms with van der Waals surface area (Å²) >= 11 is 0. The lowest BCUT2D eigenvalue weighted by Crippen LogP contribution is -2.37. The number of carbonyl (C=O) groups is 5. The van der Waals surface area contributed by atoms with E-state index in [-0.39, 0.29) is 84.7 Å². The number of benzene rings is 5. The standard InChI is InChI=1S/C22H28N4O5S.C21H26N4O5S.2C20H24N4O4S.C19H23N5O3S/c1-13(2)31-16-11-26-21(30-12-16)19(10-23-26)32(28,29)25-22(27)24-20-17-7-3-5-14(17)9-15-6-4-8-18(15)20;1-29-11-13-10-25-20(30-12-13)18(9-22-25)31(27,28)24-21(26)23-19-16-6-2-4-14(16)8-15-5-3-7-17(15)19;2*1-12-10-24-19(28-11-12)17(9-21-24)29(26,27)23-20(25)22-18-15-6-2-4-13(15)8-14-5-3-7-16(14)18;25-19(23-28(26,27)17-10-14-11-20-7-8-24(14)22-17)21-18-15-5-1-3-12(15)9-13-4-2-6-16(13)18/h9-10,13,16H,3-8,11-12H2,1-2H3,(H2,24,25,27);8-9,13H,2-7,10-12H2,1H3,(H2,23,24,26);2*8-9,12H,2-7,10-11H2,1H3,(H2,22,23,25);9-10,20H,1-8,11H2,(H2,21,23,25)/t;;2*12-;/m..10./s1. The third kappa shape index (κ3) is 21.3. The molecule has 0 spiro atoms. The molecule has 15 aliphatic rings. The number of fused-ring (bicyclic) bond motifs is 15. The second-order valence-corrected chi connectivity index (χ2v) is 49.6. The van der Waals surface area contributed by atoms with Crippen LogP contribution in [0.1, 0.15) is 209 Å². The van der Waals surface area contributed by atoms with Crippen molar-refractivity contribution in [1.82, 2.24) is 77.8 Å². The topological polar surface area (TPSA) is 533 Å². The molecule has 10 heterocycles. The van der Waals surface area contributed by atoms with E-state index in [1.807, 2.05) is 27.7 Å². The number of hydrogen-bond acceptors (Lipinski definition) is 27. The van der Waals surface area contributed by atoms with Gasteiger partial charge in [0.15, 0.2) is 24.6 Å². The van der Waals surface area contributed by atoms with Crippen LogP contribution in [-0.2, 0) is 227 Å². The maximum Gasteiger partial charge on any atom is 0.333 e. The Morgan fingerprint density at radius 1 is 0.356 bits per heavy atom. The Labute approximate surface area is 864 Å². The summed E-state index contributed by atoms with van der Waals surface area (Å²) in [5, 5.41) is 37.9. The van der Waals surface area contributed by atoms with Crippen LogP contribution < -0.4 is 74.5 Å². The second-order valence-electron chi connectivity index (χ2n) is 41.4. The van der Waals surface area contributed by atoms with Crippen molar-refractivity contribution >= 4 is 109 Å². The van der Waals surface area contributed by atoms with E-state index in [4.69, 9.17) is 28.4 Å². The van der Waals surface area contributed by atoms with Gasteiger partial charge in [-0.05, 0) is 318 Å². The highest BCUT2D eigenvalue weighted by molar-refractivity contribution is 7.91. The Bertz CT molecular complexity index is 7300. The first-order valence-electron chi connectivity index (χ1n) is 51.8. The van der Waals surface area contributed by atoms with E-state index < -0.39 is 80.3 Å². The summed E-state index contributed by atoms with van der Waals surface area (Å²) in [4.78, 5) is 63.0. The van der Waals surface area contributed by atoms with E-state index in [0.717, 1.165) is 289 Å². The van der Waals surface area contributed by atoms with Crippen LogP contribution in [0.25, 0.3) is 0 Å². The summed E-state index contributed by atoms with van der Waals surface area (Å²) < 4.78 is 180. The van der Waals surface area contributed by atoms with Gasteiger partial charge in [0, 0.05) is 72.5 Å². The normalized spacial score (nSPS) is 19.2. The van der Waals surface area contributed by atoms with Crippen LogP contribution in [-0.4, -0.2) is 180 Å². The van der Waals surface area contributed by atoms with Gasteiger partial charge >= 0.3 is 30.2 Å². The lowest BCUT2D eigenvalue weighted by molar-refractivity contribution is -0.0444. The highest BCUT2D eigenvalue weighted by Crippen LogP contribution is 2.46. The number of rotatable bonds is 19. The first-order valence-corrected chi connectivity index (χ1v) is 59.2. The molecule has 10 amide bonds. The van der Waals surface area contributed by atoms with Crippen molar-refractivity contribution in [2.45, 2.75) is 296 Å². The summed E-state index contributed by atoms with van der Waals surface area (Å²) in [6, 6.07) is 9.09. The van der Waals surface area contributed by atoms with E-state index in [1.165, 1.54) is 105 Å². The second kappa shape index (κ2) is 41.9. The Morgan fingerprint density at radius 2 is 0.624 bits per heavy atom. The zero-order valence-electron chi connectivity index (χ0n) is 83.9. The molecular formula is C102H125N21O21S5. The Hall–Kier alpha value is -12.7. The molecule has 0 saturated carbocycles. The summed E-state index contributed by atoms with van der Waals surface area (Å²) in [5.41, 5.74) is 29.1. The minimum absolute atomic E-state index is 0.0233. The number of hydrogen-bond donors (Lipinski definition) is 11. The molecule has 0 saturated heterocycles. The van der Waals surface area contributed by atoms with Crippen LogP contribution in [0.5, 0.6) is 23.5 Å². The summed E-state index contributed by atoms with van der Waals surface area (Å²) in [7, 11) is -18.9. The quantitative estimate of drug-likeness (QED) is 0.0358. The number of nitrogens with zero attached hydrogens (tertiary/aromatic N) is 10. The van der Waals surface area contributed by atoms with Gasteiger partial charge in [0.25, 0.3) is 50.1 Å². The maximum absolute atomic E-state index is 13.0. The van der Waals surface area contributed by atoms with Crippen molar-refractivity contribution in [2.24, 2.45) is 17.8 Å². The molecule has 0 fully saturated rings. The van der Waals surface area contributed by atoms with Gasteiger partial charge in [0.05, 0.1) is 95.7 Å². The summed E-state index contributed by atoms with van der Waals surface area (Å²) in [6.45, 7) is 13.7. The van der Waals surface area contributed by atoms with Crippen LogP contribution in [0.4, 0.5) is 52.4 Å². The summed E-state index contributed by atoms with van der Waals surface area (Å²) in [6.07, 6.45) is 34.5. The molecule has 11 N–H and O–H groups in total. The Kier molecular flexibility index (Phi) is 28.7. The average molecular weight is 2140 g/mol. The van der Waals surface area contributed by atoms with Crippen molar-refractivity contribution in [1.29, 1.82) is 0 Å². The minimum Gasteiger partial charge on any atom is -0.477 e. The van der Waals surface area contributed by atoms with Crippen molar-refractivity contribution in [2.75, 3.05) is 73.3 Å². The number of nitrogens with one attached hydrogen (secondary N) is 11. The molecular weight excluding hydrogens is 2020 g/mol. The van der Waals surface area contributed by atoms with Gasteiger partial charge in [-0.2, -0.15) is 33.9 Å².